The molecule has 1 saturated carbocycles. The SMILES string of the molecule is C=CCOC12Oc3ccc(OC(=O)Nc4ccc(OC)cc4OC)cc3C3C(CCCCO)C(CCCCO)C=C(C(=NOC(C)(C)C)CC1N(CCOCCO)C(=O)OCCOCc1ccccc1)C32. The maximum Gasteiger partial charge on any atom is 0.417 e. The monoisotopic (exact) mass is 988 g/mol. The molecule has 388 valence electrons. The van der Waals surface area contributed by atoms with E-state index in [9.17, 15) is 24.9 Å². The van der Waals surface area contributed by atoms with Crippen LogP contribution in [-0.2, 0) is 30.4 Å². The standard InChI is InChI=1S/C54H73N3O14/c1-7-27-68-54-48(57(23-28-65-29-26-60)52(62)67-31-30-66-36-37-15-9-8-10-16-37)35-45(56-71-53(2,3)4)42-32-38(17-11-13-24-58)41(18-12-14-25-59)49(50(42)54)43-33-40(20-22-46(43)70-54)69-51(61)55-44-21-19-39(63-5)34-47(44)64-6/h7-10,15-16,19-22,32-34,38,41,48-50,58-60H,1,11-14,17-18,23-31,35-36H2,2-6H3,(H,55,61). The Bertz CT molecular complexity index is 2250. The molecule has 0 radical (unpaired) electrons. The van der Waals surface area contributed by atoms with Crippen LogP contribution in [0.5, 0.6) is 23.0 Å². The Hall–Kier alpha value is -5.69. The van der Waals surface area contributed by atoms with E-state index in [-0.39, 0.29) is 83.4 Å². The van der Waals surface area contributed by atoms with E-state index in [1.165, 1.54) is 14.2 Å². The molecule has 6 unspecified atom stereocenters. The minimum absolute atomic E-state index is 0.0188. The highest BCUT2D eigenvalue weighted by Crippen LogP contribution is 2.62. The van der Waals surface area contributed by atoms with E-state index < -0.39 is 41.5 Å². The Kier molecular flexibility index (Phi) is 20.5. The van der Waals surface area contributed by atoms with Crippen LogP contribution in [0.25, 0.3) is 0 Å². The van der Waals surface area contributed by atoms with Gasteiger partial charge in [-0.05, 0) is 99.8 Å². The lowest BCUT2D eigenvalue weighted by Crippen LogP contribution is -2.70. The molecule has 4 N–H and O–H groups in total. The minimum Gasteiger partial charge on any atom is -0.497 e. The topological polar surface area (TPSA) is 206 Å². The van der Waals surface area contributed by atoms with Crippen molar-refractivity contribution in [1.29, 1.82) is 0 Å². The van der Waals surface area contributed by atoms with Gasteiger partial charge < -0.3 is 58.1 Å². The smallest absolute Gasteiger partial charge is 0.417 e. The van der Waals surface area contributed by atoms with Crippen LogP contribution in [-0.4, -0.2) is 129 Å². The molecule has 3 aromatic carbocycles. The summed E-state index contributed by atoms with van der Waals surface area (Å²) < 4.78 is 48.9. The highest BCUT2D eigenvalue weighted by atomic mass is 16.7. The van der Waals surface area contributed by atoms with Gasteiger partial charge in [0.2, 0.25) is 5.79 Å². The van der Waals surface area contributed by atoms with E-state index in [0.717, 1.165) is 29.5 Å². The van der Waals surface area contributed by atoms with Crippen molar-refractivity contribution in [2.75, 3.05) is 78.9 Å². The number of carbonyl (C=O) groups excluding carboxylic acids is 2. The third-order valence-electron chi connectivity index (χ3n) is 12.8. The number of oxime groups is 1. The minimum atomic E-state index is -1.60. The van der Waals surface area contributed by atoms with Crippen molar-refractivity contribution in [2.24, 2.45) is 22.9 Å². The molecule has 17 nitrogen and oxygen atoms in total. The summed E-state index contributed by atoms with van der Waals surface area (Å²) in [6.45, 7) is 10.2. The molecule has 0 spiro atoms. The van der Waals surface area contributed by atoms with Gasteiger partial charge in [0, 0.05) is 43.7 Å². The van der Waals surface area contributed by atoms with Crippen LogP contribution in [0.2, 0.25) is 0 Å². The van der Waals surface area contributed by atoms with Crippen molar-refractivity contribution in [2.45, 2.75) is 95.7 Å². The normalized spacial score (nSPS) is 21.7. The van der Waals surface area contributed by atoms with Gasteiger partial charge in [-0.3, -0.25) is 10.2 Å². The molecule has 6 atom stereocenters. The van der Waals surface area contributed by atoms with Gasteiger partial charge in [-0.2, -0.15) is 0 Å². The maximum atomic E-state index is 14.7. The molecule has 3 aliphatic rings. The summed E-state index contributed by atoms with van der Waals surface area (Å²) in [4.78, 5) is 36.2. The van der Waals surface area contributed by atoms with Gasteiger partial charge in [-0.15, -0.1) is 6.58 Å². The van der Waals surface area contributed by atoms with Crippen molar-refractivity contribution in [3.05, 3.63) is 102 Å². The molecule has 1 aliphatic heterocycles. The molecule has 1 heterocycles. The summed E-state index contributed by atoms with van der Waals surface area (Å²) in [5.41, 5.74) is 2.84. The van der Waals surface area contributed by atoms with Crippen LogP contribution < -0.4 is 24.3 Å². The fourth-order valence-corrected chi connectivity index (χ4v) is 9.79. The van der Waals surface area contributed by atoms with Crippen molar-refractivity contribution in [1.82, 2.24) is 4.90 Å². The molecule has 0 aromatic heterocycles. The molecular weight excluding hydrogens is 915 g/mol. The summed E-state index contributed by atoms with van der Waals surface area (Å²) >= 11 is 0. The van der Waals surface area contributed by atoms with Crippen molar-refractivity contribution in [3.63, 3.8) is 0 Å². The molecular formula is C54H73N3O14. The molecule has 17 heteroatoms. The average Bonchev–Trinajstić information content (AvgIpc) is 3.36. The van der Waals surface area contributed by atoms with E-state index in [1.54, 1.807) is 41.3 Å². The number of unbranched alkanes of at least 4 members (excludes halogenated alkanes) is 2. The molecule has 2 aliphatic carbocycles. The number of ether oxygens (including phenoxy) is 8. The number of amides is 2. The average molecular weight is 988 g/mol. The Labute approximate surface area is 417 Å². The van der Waals surface area contributed by atoms with E-state index in [2.05, 4.69) is 18.0 Å². The maximum absolute atomic E-state index is 14.7. The van der Waals surface area contributed by atoms with Gasteiger partial charge in [-0.25, -0.2) is 9.59 Å². The molecule has 3 aromatic rings. The number of hydrogen-bond donors (Lipinski definition) is 4. The van der Waals surface area contributed by atoms with Gasteiger partial charge in [0.1, 0.15) is 41.2 Å². The summed E-state index contributed by atoms with van der Waals surface area (Å²) in [5.74, 6) is -1.18. The molecule has 0 saturated heterocycles. The number of fused-ring (bicyclic) bond motifs is 2. The second-order valence-electron chi connectivity index (χ2n) is 18.7. The molecule has 1 fully saturated rings. The largest absolute Gasteiger partial charge is 0.497 e. The molecule has 71 heavy (non-hydrogen) atoms. The van der Waals surface area contributed by atoms with Gasteiger partial charge in [-0.1, -0.05) is 60.5 Å². The zero-order valence-corrected chi connectivity index (χ0v) is 41.8. The number of anilines is 1. The highest BCUT2D eigenvalue weighted by Gasteiger charge is 2.65. The van der Waals surface area contributed by atoms with E-state index in [0.29, 0.717) is 60.9 Å². The van der Waals surface area contributed by atoms with Crippen LogP contribution in [0, 0.1) is 17.8 Å². The van der Waals surface area contributed by atoms with Crippen molar-refractivity contribution in [3.8, 4) is 23.0 Å². The number of allylic oxidation sites excluding steroid dienone is 1. The lowest BCUT2D eigenvalue weighted by Gasteiger charge is -2.59. The fraction of sp³-hybridized carbons (Fsp3) is 0.537. The molecule has 2 amide bonds. The van der Waals surface area contributed by atoms with Gasteiger partial charge >= 0.3 is 12.2 Å². The van der Waals surface area contributed by atoms with Crippen LogP contribution in [0.4, 0.5) is 15.3 Å². The van der Waals surface area contributed by atoms with E-state index in [4.69, 9.17) is 47.9 Å². The predicted octanol–water partition coefficient (Wildman–Crippen LogP) is 8.41. The lowest BCUT2D eigenvalue weighted by atomic mass is 9.55. The Morgan fingerprint density at radius 2 is 1.65 bits per heavy atom. The number of benzene rings is 3. The second-order valence-corrected chi connectivity index (χ2v) is 18.7. The van der Waals surface area contributed by atoms with Crippen molar-refractivity contribution >= 4 is 23.6 Å². The number of rotatable bonds is 27. The molecule has 0 bridgehead atoms. The van der Waals surface area contributed by atoms with Crippen LogP contribution in [0.15, 0.2) is 96.2 Å². The first kappa shape index (κ1) is 54.6. The number of hydrogen-bond acceptors (Lipinski definition) is 15. The zero-order chi connectivity index (χ0) is 50.8. The number of nitrogens with one attached hydrogen (secondary N) is 1. The Balaban J connectivity index is 1.49. The number of aliphatic hydroxyl groups is 3. The lowest BCUT2D eigenvalue weighted by molar-refractivity contribution is -0.256. The number of methoxy groups -OCH3 is 2. The van der Waals surface area contributed by atoms with Crippen LogP contribution in [0.1, 0.15) is 82.8 Å². The highest BCUT2D eigenvalue weighted by molar-refractivity contribution is 6.03. The first-order valence-corrected chi connectivity index (χ1v) is 24.6. The summed E-state index contributed by atoms with van der Waals surface area (Å²) in [6.07, 6.45) is 6.64. The Morgan fingerprint density at radius 1 is 0.887 bits per heavy atom. The first-order chi connectivity index (χ1) is 34.4. The van der Waals surface area contributed by atoms with Crippen LogP contribution in [0.3, 0.4) is 0 Å². The molecule has 6 rings (SSSR count). The predicted molar refractivity (Wildman–Crippen MR) is 267 cm³/mol. The fourth-order valence-electron chi connectivity index (χ4n) is 9.79. The third-order valence-corrected chi connectivity index (χ3v) is 12.8. The van der Waals surface area contributed by atoms with E-state index >= 15 is 0 Å². The first-order valence-electron chi connectivity index (χ1n) is 24.6. The third kappa shape index (κ3) is 14.3. The van der Waals surface area contributed by atoms with Crippen LogP contribution >= 0.6 is 0 Å². The number of aliphatic hydroxyl groups excluding tert-OH is 3. The summed E-state index contributed by atoms with van der Waals surface area (Å²) in [7, 11) is 3.03. The van der Waals surface area contributed by atoms with Gasteiger partial charge in [0.25, 0.3) is 0 Å². The zero-order valence-electron chi connectivity index (χ0n) is 41.8. The number of nitrogens with zero attached hydrogens (tertiary/aromatic N) is 2. The van der Waals surface area contributed by atoms with Crippen molar-refractivity contribution < 1.29 is 67.6 Å². The number of carbonyl (C=O) groups is 2. The van der Waals surface area contributed by atoms with E-state index in [1.807, 2.05) is 57.2 Å². The van der Waals surface area contributed by atoms with Gasteiger partial charge in [0.15, 0.2) is 0 Å². The Morgan fingerprint density at radius 3 is 2.35 bits per heavy atom. The summed E-state index contributed by atoms with van der Waals surface area (Å²) in [6, 6.07) is 19.0. The quantitative estimate of drug-likeness (QED) is 0.0322. The second kappa shape index (κ2) is 26.7. The van der Waals surface area contributed by atoms with Gasteiger partial charge in [0.05, 0.1) is 71.2 Å². The summed E-state index contributed by atoms with van der Waals surface area (Å²) in [5, 5.41) is 37.3.